The van der Waals surface area contributed by atoms with E-state index in [2.05, 4.69) is 31.2 Å². The Balaban J connectivity index is 1.76. The molecule has 1 heterocycles. The molecule has 0 spiro atoms. The van der Waals surface area contributed by atoms with Crippen LogP contribution in [0.3, 0.4) is 0 Å². The van der Waals surface area contributed by atoms with Gasteiger partial charge in [0.05, 0.1) is 11.1 Å². The Morgan fingerprint density at radius 3 is 2.68 bits per heavy atom. The highest BCUT2D eigenvalue weighted by Gasteiger charge is 2.36. The molecule has 2 aromatic rings. The number of anilines is 1. The highest BCUT2D eigenvalue weighted by Crippen LogP contribution is 2.34. The fourth-order valence-corrected chi connectivity index (χ4v) is 3.25. The molecule has 0 saturated heterocycles. The Bertz CT molecular complexity index is 1020. The van der Waals surface area contributed by atoms with Crippen LogP contribution in [0.15, 0.2) is 48.6 Å². The van der Waals surface area contributed by atoms with E-state index in [1.54, 1.807) is 24.3 Å². The number of alkyl halides is 4. The zero-order valence-electron chi connectivity index (χ0n) is 17.3. The largest absolute Gasteiger partial charge is 0.467 e. The van der Waals surface area contributed by atoms with Gasteiger partial charge >= 0.3 is 6.18 Å². The molecule has 1 amide bonds. The highest BCUT2D eigenvalue weighted by molar-refractivity contribution is 6.25. The molecule has 0 fully saturated rings. The van der Waals surface area contributed by atoms with Crippen LogP contribution >= 0.6 is 11.6 Å². The maximum absolute atomic E-state index is 13.2. The Hall–Kier alpha value is -2.74. The number of halogens is 4. The normalized spacial score (nSPS) is 16.7. The van der Waals surface area contributed by atoms with Crippen LogP contribution in [-0.2, 0) is 16.4 Å². The van der Waals surface area contributed by atoms with Gasteiger partial charge < -0.3 is 10.1 Å². The van der Waals surface area contributed by atoms with Crippen molar-refractivity contribution in [2.24, 2.45) is 0 Å². The molecule has 0 radical (unpaired) electrons. The molecule has 5 nitrogen and oxygen atoms in total. The summed E-state index contributed by atoms with van der Waals surface area (Å²) in [5.41, 5.74) is 0.724. The number of allylic oxidation sites excluding steroid dienone is 4. The van der Waals surface area contributed by atoms with Crippen LogP contribution in [0.5, 0.6) is 5.88 Å². The summed E-state index contributed by atoms with van der Waals surface area (Å²) >= 11 is 6.24. The minimum Gasteiger partial charge on any atom is -0.467 e. The number of nitrogens with zero attached hydrogens (tertiary/aromatic N) is 2. The van der Waals surface area contributed by atoms with Crippen LogP contribution in [0.25, 0.3) is 5.70 Å². The summed E-state index contributed by atoms with van der Waals surface area (Å²) < 4.78 is 46.0. The summed E-state index contributed by atoms with van der Waals surface area (Å²) in [6.07, 6.45) is 0.834. The van der Waals surface area contributed by atoms with Gasteiger partial charge in [-0.25, -0.2) is 4.68 Å². The lowest BCUT2D eigenvalue weighted by atomic mass is 9.87. The van der Waals surface area contributed by atoms with Gasteiger partial charge in [0.2, 0.25) is 5.88 Å². The van der Waals surface area contributed by atoms with Crippen LogP contribution in [0, 0.1) is 0 Å². The van der Waals surface area contributed by atoms with Gasteiger partial charge in [-0.15, -0.1) is 11.6 Å². The second-order valence-electron chi connectivity index (χ2n) is 8.17. The molecule has 1 aliphatic rings. The van der Waals surface area contributed by atoms with E-state index in [1.165, 1.54) is 0 Å². The zero-order chi connectivity index (χ0) is 22.8. The van der Waals surface area contributed by atoms with Crippen molar-refractivity contribution in [3.8, 4) is 5.88 Å². The monoisotopic (exact) mass is 453 g/mol. The maximum Gasteiger partial charge on any atom is 0.435 e. The second-order valence-corrected chi connectivity index (χ2v) is 8.69. The molecule has 0 bridgehead atoms. The van der Waals surface area contributed by atoms with Crippen molar-refractivity contribution < 1.29 is 22.7 Å². The van der Waals surface area contributed by atoms with Crippen molar-refractivity contribution in [1.29, 1.82) is 0 Å². The molecule has 0 saturated carbocycles. The third-order valence-electron chi connectivity index (χ3n) is 4.64. The van der Waals surface area contributed by atoms with E-state index in [1.807, 2.05) is 18.2 Å². The van der Waals surface area contributed by atoms with Crippen molar-refractivity contribution in [3.63, 3.8) is 0 Å². The lowest BCUT2D eigenvalue weighted by Gasteiger charge is -2.20. The Kier molecular flexibility index (Phi) is 6.50. The van der Waals surface area contributed by atoms with Crippen molar-refractivity contribution in [1.82, 2.24) is 9.78 Å². The van der Waals surface area contributed by atoms with Crippen molar-refractivity contribution in [3.05, 3.63) is 59.8 Å². The molecule has 1 atom stereocenters. The van der Waals surface area contributed by atoms with Crippen molar-refractivity contribution >= 4 is 28.9 Å². The minimum atomic E-state index is -4.66. The Morgan fingerprint density at radius 1 is 1.29 bits per heavy atom. The van der Waals surface area contributed by atoms with Gasteiger partial charge in [0.25, 0.3) is 5.91 Å². The lowest BCUT2D eigenvalue weighted by molar-refractivity contribution is -0.141. The highest BCUT2D eigenvalue weighted by atomic mass is 35.5. The number of hydrogen-bond donors (Lipinski definition) is 1. The van der Waals surface area contributed by atoms with Gasteiger partial charge in [-0.1, -0.05) is 45.1 Å². The third-order valence-corrected chi connectivity index (χ3v) is 5.04. The number of aromatic nitrogens is 2. The molecule has 3 rings (SSSR count). The summed E-state index contributed by atoms with van der Waals surface area (Å²) in [6, 6.07) is 8.12. The number of hydrogen-bond acceptors (Lipinski definition) is 3. The first kappa shape index (κ1) is 22.9. The summed E-state index contributed by atoms with van der Waals surface area (Å²) in [5, 5.41) is 5.74. The Labute approximate surface area is 183 Å². The number of ether oxygens (including phenoxy) is 1. The first-order valence-corrected chi connectivity index (χ1v) is 10.1. The van der Waals surface area contributed by atoms with Gasteiger partial charge in [0.15, 0.2) is 12.3 Å². The topological polar surface area (TPSA) is 56.1 Å². The Morgan fingerprint density at radius 2 is 2.03 bits per heavy atom. The smallest absolute Gasteiger partial charge is 0.435 e. The first-order valence-electron chi connectivity index (χ1n) is 9.67. The van der Waals surface area contributed by atoms with Crippen LogP contribution in [0.2, 0.25) is 0 Å². The summed E-state index contributed by atoms with van der Waals surface area (Å²) in [4.78, 5) is 12.4. The number of amides is 1. The first-order chi connectivity index (χ1) is 14.4. The van der Waals surface area contributed by atoms with Crippen LogP contribution in [-0.4, -0.2) is 27.7 Å². The fraction of sp³-hybridized carbons (Fsp3) is 0.364. The zero-order valence-corrected chi connectivity index (χ0v) is 18.1. The SMILES string of the molecule is CC(C)(C)c1cccc(NC(=O)COc2cc(C(F)(F)F)nn2C2=CC=CCC2Cl)c1. The third kappa shape index (κ3) is 5.70. The predicted octanol–water partition coefficient (Wildman–Crippen LogP) is 5.63. The van der Waals surface area contributed by atoms with Crippen LogP contribution in [0.4, 0.5) is 18.9 Å². The van der Waals surface area contributed by atoms with Gasteiger partial charge in [-0.3, -0.25) is 4.79 Å². The molecule has 9 heteroatoms. The fourth-order valence-electron chi connectivity index (χ4n) is 2.98. The lowest BCUT2D eigenvalue weighted by Crippen LogP contribution is -2.22. The molecule has 1 N–H and O–H groups in total. The average Bonchev–Trinajstić information content (AvgIpc) is 3.11. The van der Waals surface area contributed by atoms with E-state index in [0.29, 0.717) is 17.8 Å². The summed E-state index contributed by atoms with van der Waals surface area (Å²) in [5.74, 6) is -0.717. The molecular formula is C22H23ClF3N3O2. The molecule has 166 valence electrons. The summed E-state index contributed by atoms with van der Waals surface area (Å²) in [7, 11) is 0. The number of carbonyl (C=O) groups excluding carboxylic acids is 1. The number of nitrogens with one attached hydrogen (secondary N) is 1. The molecular weight excluding hydrogens is 431 g/mol. The minimum absolute atomic E-state index is 0.0992. The molecule has 1 aromatic carbocycles. The second kappa shape index (κ2) is 8.78. The number of carbonyl (C=O) groups is 1. The quantitative estimate of drug-likeness (QED) is 0.597. The molecule has 1 unspecified atom stereocenters. The molecule has 1 aliphatic carbocycles. The van der Waals surface area contributed by atoms with Crippen molar-refractivity contribution in [2.75, 3.05) is 11.9 Å². The standard InChI is InChI=1S/C22H23ClF3N3O2/c1-21(2,3)14-7-6-8-15(11-14)27-19(30)13-31-20-12-18(22(24,25)26)28-29(20)17-10-5-4-9-16(17)23/h4-8,10-12,16H,9,13H2,1-3H3,(H,27,30). The van der Waals surface area contributed by atoms with E-state index in [4.69, 9.17) is 16.3 Å². The van der Waals surface area contributed by atoms with Gasteiger partial charge in [-0.2, -0.15) is 18.3 Å². The predicted molar refractivity (Wildman–Crippen MR) is 114 cm³/mol. The maximum atomic E-state index is 13.2. The number of benzene rings is 1. The molecule has 31 heavy (non-hydrogen) atoms. The number of rotatable bonds is 5. The van der Waals surface area contributed by atoms with Gasteiger partial charge in [-0.05, 0) is 35.6 Å². The van der Waals surface area contributed by atoms with Gasteiger partial charge in [0, 0.05) is 11.8 Å². The molecule has 1 aromatic heterocycles. The summed E-state index contributed by atoms with van der Waals surface area (Å²) in [6.45, 7) is 5.67. The average molecular weight is 454 g/mol. The molecule has 0 aliphatic heterocycles. The van der Waals surface area contributed by atoms with Crippen LogP contribution < -0.4 is 10.1 Å². The van der Waals surface area contributed by atoms with Gasteiger partial charge in [0.1, 0.15) is 0 Å². The van der Waals surface area contributed by atoms with Crippen molar-refractivity contribution in [2.45, 2.75) is 44.2 Å². The van der Waals surface area contributed by atoms with E-state index < -0.39 is 29.8 Å². The van der Waals surface area contributed by atoms with E-state index in [-0.39, 0.29) is 11.3 Å². The van der Waals surface area contributed by atoms with E-state index >= 15 is 0 Å². The van der Waals surface area contributed by atoms with E-state index in [9.17, 15) is 18.0 Å². The van der Waals surface area contributed by atoms with E-state index in [0.717, 1.165) is 16.3 Å². The van der Waals surface area contributed by atoms with Crippen LogP contribution in [0.1, 0.15) is 38.4 Å².